The van der Waals surface area contributed by atoms with E-state index in [1.807, 2.05) is 38.1 Å². The normalized spacial score (nSPS) is 11.5. The average molecular weight is 508 g/mol. The molecule has 0 aliphatic carbocycles. The Morgan fingerprint density at radius 1 is 1.07 bits per heavy atom. The van der Waals surface area contributed by atoms with Gasteiger partial charge in [-0.3, -0.25) is 0 Å². The molecule has 0 radical (unpaired) electrons. The Morgan fingerprint density at radius 3 is 2.43 bits per heavy atom. The molecule has 0 atom stereocenters. The zero-order valence-corrected chi connectivity index (χ0v) is 18.0. The van der Waals surface area contributed by atoms with Crippen LogP contribution in [0.15, 0.2) is 41.5 Å². The molecule has 2 rings (SSSR count). The Kier molecular flexibility index (Phi) is 9.97. The number of guanidine groups is 1. The van der Waals surface area contributed by atoms with E-state index in [-0.39, 0.29) is 29.9 Å². The van der Waals surface area contributed by atoms with Crippen LogP contribution in [0, 0.1) is 6.92 Å². The van der Waals surface area contributed by atoms with Gasteiger partial charge in [0.05, 0.1) is 6.54 Å². The highest BCUT2D eigenvalue weighted by Gasteiger charge is 2.32. The van der Waals surface area contributed by atoms with Gasteiger partial charge in [0.15, 0.2) is 5.96 Å². The lowest BCUT2D eigenvalue weighted by Gasteiger charge is -2.12. The predicted octanol–water partition coefficient (Wildman–Crippen LogP) is 3.59. The van der Waals surface area contributed by atoms with Gasteiger partial charge in [0.2, 0.25) is 5.95 Å². The number of aliphatic imine (C=N–C) groups is 1. The molecule has 0 bridgehead atoms. The molecule has 0 saturated heterocycles. The molecule has 3 N–H and O–H groups in total. The molecule has 1 heterocycles. The van der Waals surface area contributed by atoms with E-state index in [1.165, 1.54) is 5.56 Å². The summed E-state index contributed by atoms with van der Waals surface area (Å²) in [5, 5.41) is 9.01. The van der Waals surface area contributed by atoms with Crippen molar-refractivity contribution < 1.29 is 13.2 Å². The highest BCUT2D eigenvalue weighted by atomic mass is 127. The van der Waals surface area contributed by atoms with Crippen LogP contribution < -0.4 is 16.0 Å². The van der Waals surface area contributed by atoms with E-state index in [1.54, 1.807) is 0 Å². The summed E-state index contributed by atoms with van der Waals surface area (Å²) in [7, 11) is 0. The Hall–Kier alpha value is -2.11. The van der Waals surface area contributed by atoms with E-state index in [0.717, 1.165) is 17.8 Å². The van der Waals surface area contributed by atoms with Crippen LogP contribution in [0.25, 0.3) is 0 Å². The molecule has 2 aromatic rings. The minimum atomic E-state index is -4.49. The van der Waals surface area contributed by atoms with Crippen molar-refractivity contribution in [1.82, 2.24) is 20.6 Å². The largest absolute Gasteiger partial charge is 0.433 e. The standard InChI is InChI=1S/C18H23F3N6.HI/c1-3-22-16(26-12-14-6-4-13(2)5-7-14)24-10-11-25-17-23-9-8-15(27-17)18(19,20)21;/h4-9H,3,10-12H2,1-2H3,(H2,22,24,26)(H,23,25,27);1H. The number of halogens is 4. The van der Waals surface area contributed by atoms with E-state index >= 15 is 0 Å². The number of nitrogens with zero attached hydrogens (tertiary/aromatic N) is 3. The molecule has 1 aromatic heterocycles. The van der Waals surface area contributed by atoms with Gasteiger partial charge in [-0.1, -0.05) is 29.8 Å². The summed E-state index contributed by atoms with van der Waals surface area (Å²) in [6.45, 7) is 6.00. The zero-order chi connectivity index (χ0) is 19.7. The van der Waals surface area contributed by atoms with Crippen molar-refractivity contribution in [2.45, 2.75) is 26.6 Å². The molecule has 28 heavy (non-hydrogen) atoms. The SMILES string of the molecule is CCNC(=NCc1ccc(C)cc1)NCCNc1nccc(C(F)(F)F)n1.I. The van der Waals surface area contributed by atoms with Crippen LogP contribution >= 0.6 is 24.0 Å². The maximum absolute atomic E-state index is 12.6. The van der Waals surface area contributed by atoms with Crippen molar-refractivity contribution >= 4 is 35.9 Å². The smallest absolute Gasteiger partial charge is 0.357 e. The minimum absolute atomic E-state index is 0. The first-order valence-electron chi connectivity index (χ1n) is 8.60. The van der Waals surface area contributed by atoms with Crippen molar-refractivity contribution in [3.05, 3.63) is 53.3 Å². The number of hydrogen-bond donors (Lipinski definition) is 3. The summed E-state index contributed by atoms with van der Waals surface area (Å²) in [4.78, 5) is 11.7. The highest BCUT2D eigenvalue weighted by Crippen LogP contribution is 2.27. The molecule has 0 unspecified atom stereocenters. The number of benzene rings is 1. The molecule has 10 heteroatoms. The molecule has 0 amide bonds. The first-order chi connectivity index (χ1) is 12.9. The fourth-order valence-corrected chi connectivity index (χ4v) is 2.16. The quantitative estimate of drug-likeness (QED) is 0.231. The van der Waals surface area contributed by atoms with E-state index in [2.05, 4.69) is 30.9 Å². The maximum Gasteiger partial charge on any atom is 0.433 e. The summed E-state index contributed by atoms with van der Waals surface area (Å²) in [5.74, 6) is 0.568. The van der Waals surface area contributed by atoms with Gasteiger partial charge in [-0.2, -0.15) is 13.2 Å². The van der Waals surface area contributed by atoms with E-state index in [9.17, 15) is 13.2 Å². The van der Waals surface area contributed by atoms with E-state index in [0.29, 0.717) is 32.1 Å². The number of rotatable bonds is 7. The monoisotopic (exact) mass is 508 g/mol. The van der Waals surface area contributed by atoms with Crippen molar-refractivity contribution in [3.8, 4) is 0 Å². The van der Waals surface area contributed by atoms with Crippen LogP contribution in [0.2, 0.25) is 0 Å². The Balaban J connectivity index is 0.00000392. The Morgan fingerprint density at radius 2 is 1.79 bits per heavy atom. The van der Waals surface area contributed by atoms with Gasteiger partial charge < -0.3 is 16.0 Å². The molecule has 6 nitrogen and oxygen atoms in total. The van der Waals surface area contributed by atoms with Crippen molar-refractivity contribution in [2.24, 2.45) is 4.99 Å². The van der Waals surface area contributed by atoms with Gasteiger partial charge in [-0.05, 0) is 25.5 Å². The minimum Gasteiger partial charge on any atom is -0.357 e. The number of anilines is 1. The highest BCUT2D eigenvalue weighted by molar-refractivity contribution is 14.0. The van der Waals surface area contributed by atoms with Crippen molar-refractivity contribution in [1.29, 1.82) is 0 Å². The zero-order valence-electron chi connectivity index (χ0n) is 15.7. The second-order valence-corrected chi connectivity index (χ2v) is 5.80. The van der Waals surface area contributed by atoms with Crippen LogP contribution in [0.4, 0.5) is 19.1 Å². The number of nitrogens with one attached hydrogen (secondary N) is 3. The average Bonchev–Trinajstić information content (AvgIpc) is 2.64. The van der Waals surface area contributed by atoms with Crippen LogP contribution in [-0.4, -0.2) is 35.6 Å². The van der Waals surface area contributed by atoms with Crippen LogP contribution in [-0.2, 0) is 12.7 Å². The molecular formula is C18H24F3IN6. The number of aromatic nitrogens is 2. The fraction of sp³-hybridized carbons (Fsp3) is 0.389. The Bertz CT molecular complexity index is 750. The molecule has 1 aromatic carbocycles. The maximum atomic E-state index is 12.6. The molecular weight excluding hydrogens is 484 g/mol. The summed E-state index contributed by atoms with van der Waals surface area (Å²) in [5.41, 5.74) is 1.31. The molecule has 0 spiro atoms. The summed E-state index contributed by atoms with van der Waals surface area (Å²) in [6.07, 6.45) is -3.41. The number of aryl methyl sites for hydroxylation is 1. The van der Waals surface area contributed by atoms with Crippen LogP contribution in [0.3, 0.4) is 0 Å². The lowest BCUT2D eigenvalue weighted by Crippen LogP contribution is -2.39. The molecule has 0 aliphatic heterocycles. The third-order valence-corrected chi connectivity index (χ3v) is 3.53. The van der Waals surface area contributed by atoms with Gasteiger partial charge in [-0.25, -0.2) is 15.0 Å². The first kappa shape index (κ1) is 23.9. The van der Waals surface area contributed by atoms with Crippen LogP contribution in [0.1, 0.15) is 23.7 Å². The predicted molar refractivity (Wildman–Crippen MR) is 115 cm³/mol. The van der Waals surface area contributed by atoms with Crippen molar-refractivity contribution in [3.63, 3.8) is 0 Å². The summed E-state index contributed by atoms with van der Waals surface area (Å²) < 4.78 is 37.9. The summed E-state index contributed by atoms with van der Waals surface area (Å²) >= 11 is 0. The fourth-order valence-electron chi connectivity index (χ4n) is 2.16. The molecule has 0 aliphatic rings. The topological polar surface area (TPSA) is 74.2 Å². The van der Waals surface area contributed by atoms with E-state index in [4.69, 9.17) is 0 Å². The van der Waals surface area contributed by atoms with Gasteiger partial charge >= 0.3 is 6.18 Å². The lowest BCUT2D eigenvalue weighted by atomic mass is 10.1. The van der Waals surface area contributed by atoms with Gasteiger partial charge in [0.25, 0.3) is 0 Å². The molecule has 0 fully saturated rings. The molecule has 154 valence electrons. The van der Waals surface area contributed by atoms with Gasteiger partial charge in [0.1, 0.15) is 5.69 Å². The molecule has 0 saturated carbocycles. The van der Waals surface area contributed by atoms with Crippen LogP contribution in [0.5, 0.6) is 0 Å². The first-order valence-corrected chi connectivity index (χ1v) is 8.60. The Labute approximate surface area is 179 Å². The van der Waals surface area contributed by atoms with E-state index < -0.39 is 11.9 Å². The van der Waals surface area contributed by atoms with Gasteiger partial charge in [-0.15, -0.1) is 24.0 Å². The van der Waals surface area contributed by atoms with Crippen molar-refractivity contribution in [2.75, 3.05) is 25.0 Å². The second-order valence-electron chi connectivity index (χ2n) is 5.80. The summed E-state index contributed by atoms with van der Waals surface area (Å²) in [6, 6.07) is 8.95. The lowest BCUT2D eigenvalue weighted by molar-refractivity contribution is -0.141. The number of alkyl halides is 3. The number of hydrogen-bond acceptors (Lipinski definition) is 4. The second kappa shape index (κ2) is 11.7. The van der Waals surface area contributed by atoms with Gasteiger partial charge in [0, 0.05) is 25.8 Å². The third-order valence-electron chi connectivity index (χ3n) is 3.53. The third kappa shape index (κ3) is 8.28.